The van der Waals surface area contributed by atoms with Gasteiger partial charge in [0.05, 0.1) is 10.7 Å². The molecule has 0 bridgehead atoms. The van der Waals surface area contributed by atoms with Crippen molar-refractivity contribution in [2.75, 3.05) is 12.3 Å². The standard InChI is InChI=1S/C21H21N5O4S/c1-14-4-3-5-18(12-14)25-20(10-11-22-15(2)27)23-24-21(25)31-13-19(28)16-6-8-17(9-7-16)26(29)30/h3-9,12H,10-11,13H2,1-2H3,(H,22,27). The van der Waals surface area contributed by atoms with Crippen molar-refractivity contribution in [2.45, 2.75) is 25.4 Å². The lowest BCUT2D eigenvalue weighted by Crippen LogP contribution is -2.23. The van der Waals surface area contributed by atoms with Gasteiger partial charge in [0.15, 0.2) is 10.9 Å². The van der Waals surface area contributed by atoms with E-state index in [2.05, 4.69) is 15.5 Å². The van der Waals surface area contributed by atoms with E-state index in [4.69, 9.17) is 0 Å². The van der Waals surface area contributed by atoms with Crippen LogP contribution in [0.15, 0.2) is 53.7 Å². The monoisotopic (exact) mass is 439 g/mol. The average Bonchev–Trinajstić information content (AvgIpc) is 3.14. The number of hydrogen-bond acceptors (Lipinski definition) is 7. The van der Waals surface area contributed by atoms with E-state index in [9.17, 15) is 19.7 Å². The summed E-state index contributed by atoms with van der Waals surface area (Å²) in [6, 6.07) is 13.4. The molecule has 0 aliphatic rings. The summed E-state index contributed by atoms with van der Waals surface area (Å²) in [5, 5.41) is 22.6. The van der Waals surface area contributed by atoms with Gasteiger partial charge in [0.25, 0.3) is 5.69 Å². The summed E-state index contributed by atoms with van der Waals surface area (Å²) in [7, 11) is 0. The number of Topliss-reactive ketones (excluding diaryl/α,β-unsaturated/α-hetero) is 1. The van der Waals surface area contributed by atoms with Crippen molar-refractivity contribution in [3.8, 4) is 5.69 Å². The number of nitrogens with one attached hydrogen (secondary N) is 1. The predicted molar refractivity (Wildman–Crippen MR) is 117 cm³/mol. The first kappa shape index (κ1) is 22.2. The molecule has 31 heavy (non-hydrogen) atoms. The van der Waals surface area contributed by atoms with E-state index in [0.717, 1.165) is 11.3 Å². The lowest BCUT2D eigenvalue weighted by molar-refractivity contribution is -0.384. The number of nitro benzene ring substituents is 1. The minimum Gasteiger partial charge on any atom is -0.356 e. The molecule has 9 nitrogen and oxygen atoms in total. The van der Waals surface area contributed by atoms with Crippen LogP contribution in [-0.2, 0) is 11.2 Å². The number of amides is 1. The molecule has 0 radical (unpaired) electrons. The molecule has 10 heteroatoms. The lowest BCUT2D eigenvalue weighted by Gasteiger charge is -2.11. The molecule has 1 heterocycles. The number of thioether (sulfide) groups is 1. The maximum Gasteiger partial charge on any atom is 0.269 e. The van der Waals surface area contributed by atoms with Crippen LogP contribution in [0.3, 0.4) is 0 Å². The van der Waals surface area contributed by atoms with Crippen molar-refractivity contribution in [1.82, 2.24) is 20.1 Å². The number of nitro groups is 1. The second-order valence-corrected chi connectivity index (χ2v) is 7.76. The van der Waals surface area contributed by atoms with Gasteiger partial charge in [-0.15, -0.1) is 10.2 Å². The van der Waals surface area contributed by atoms with Crippen LogP contribution in [-0.4, -0.2) is 43.7 Å². The molecule has 0 saturated carbocycles. The number of nitrogens with zero attached hydrogens (tertiary/aromatic N) is 4. The molecule has 0 aliphatic carbocycles. The summed E-state index contributed by atoms with van der Waals surface area (Å²) in [4.78, 5) is 34.0. The third-order valence-electron chi connectivity index (χ3n) is 4.42. The molecule has 0 atom stereocenters. The molecule has 1 N–H and O–H groups in total. The molecule has 1 amide bonds. The zero-order chi connectivity index (χ0) is 22.4. The van der Waals surface area contributed by atoms with Crippen LogP contribution in [0.4, 0.5) is 5.69 Å². The highest BCUT2D eigenvalue weighted by molar-refractivity contribution is 7.99. The molecular weight excluding hydrogens is 418 g/mol. The third kappa shape index (κ3) is 5.76. The maximum atomic E-state index is 12.6. The SMILES string of the molecule is CC(=O)NCCc1nnc(SCC(=O)c2ccc([N+](=O)[O-])cc2)n1-c1cccc(C)c1. The minimum atomic E-state index is -0.504. The van der Waals surface area contributed by atoms with Gasteiger partial charge in [-0.3, -0.25) is 24.3 Å². The quantitative estimate of drug-likeness (QED) is 0.235. The highest BCUT2D eigenvalue weighted by Gasteiger charge is 2.17. The van der Waals surface area contributed by atoms with E-state index < -0.39 is 4.92 Å². The van der Waals surface area contributed by atoms with E-state index in [-0.39, 0.29) is 23.1 Å². The Bertz CT molecular complexity index is 1110. The van der Waals surface area contributed by atoms with Crippen molar-refractivity contribution in [1.29, 1.82) is 0 Å². The fourth-order valence-corrected chi connectivity index (χ4v) is 3.78. The molecule has 160 valence electrons. The summed E-state index contributed by atoms with van der Waals surface area (Å²) in [5.41, 5.74) is 2.27. The van der Waals surface area contributed by atoms with Crippen LogP contribution in [0.25, 0.3) is 5.69 Å². The number of aryl methyl sites for hydroxylation is 1. The first-order valence-corrected chi connectivity index (χ1v) is 10.5. The van der Waals surface area contributed by atoms with Gasteiger partial charge < -0.3 is 5.32 Å². The van der Waals surface area contributed by atoms with Crippen LogP contribution >= 0.6 is 11.8 Å². The number of benzene rings is 2. The Balaban J connectivity index is 1.79. The van der Waals surface area contributed by atoms with Crippen molar-refractivity contribution in [2.24, 2.45) is 0 Å². The smallest absolute Gasteiger partial charge is 0.269 e. The van der Waals surface area contributed by atoms with Crippen molar-refractivity contribution < 1.29 is 14.5 Å². The molecule has 1 aromatic heterocycles. The lowest BCUT2D eigenvalue weighted by atomic mass is 10.1. The zero-order valence-electron chi connectivity index (χ0n) is 17.1. The summed E-state index contributed by atoms with van der Waals surface area (Å²) < 4.78 is 1.88. The van der Waals surface area contributed by atoms with E-state index in [1.807, 2.05) is 35.8 Å². The predicted octanol–water partition coefficient (Wildman–Crippen LogP) is 3.14. The van der Waals surface area contributed by atoms with Crippen molar-refractivity contribution in [3.05, 3.63) is 75.6 Å². The number of hydrogen-bond donors (Lipinski definition) is 1. The van der Waals surface area contributed by atoms with E-state index in [1.165, 1.54) is 43.0 Å². The van der Waals surface area contributed by atoms with Crippen molar-refractivity contribution >= 4 is 29.1 Å². The van der Waals surface area contributed by atoms with Gasteiger partial charge in [-0.2, -0.15) is 0 Å². The zero-order valence-corrected chi connectivity index (χ0v) is 17.9. The van der Waals surface area contributed by atoms with Crippen LogP contribution in [0.5, 0.6) is 0 Å². The molecule has 3 rings (SSSR count). The number of non-ortho nitro benzene ring substituents is 1. The van der Waals surface area contributed by atoms with Crippen LogP contribution in [0.2, 0.25) is 0 Å². The third-order valence-corrected chi connectivity index (χ3v) is 5.34. The summed E-state index contributed by atoms with van der Waals surface area (Å²) >= 11 is 1.24. The van der Waals surface area contributed by atoms with Gasteiger partial charge in [0.2, 0.25) is 5.91 Å². The van der Waals surface area contributed by atoms with Gasteiger partial charge in [0, 0.05) is 43.3 Å². The second-order valence-electron chi connectivity index (χ2n) is 6.82. The second kappa shape index (κ2) is 9.98. The highest BCUT2D eigenvalue weighted by atomic mass is 32.2. The molecule has 0 spiro atoms. The average molecular weight is 439 g/mol. The van der Waals surface area contributed by atoms with Gasteiger partial charge >= 0.3 is 0 Å². The van der Waals surface area contributed by atoms with Crippen LogP contribution < -0.4 is 5.32 Å². The van der Waals surface area contributed by atoms with Gasteiger partial charge in [-0.25, -0.2) is 0 Å². The Morgan fingerprint density at radius 2 is 1.90 bits per heavy atom. The number of carbonyl (C=O) groups is 2. The van der Waals surface area contributed by atoms with Crippen molar-refractivity contribution in [3.63, 3.8) is 0 Å². The first-order valence-electron chi connectivity index (χ1n) is 9.51. The Morgan fingerprint density at radius 1 is 1.16 bits per heavy atom. The van der Waals surface area contributed by atoms with Crippen LogP contribution in [0.1, 0.15) is 28.7 Å². The highest BCUT2D eigenvalue weighted by Crippen LogP contribution is 2.24. The molecule has 0 saturated heterocycles. The van der Waals surface area contributed by atoms with Gasteiger partial charge in [0.1, 0.15) is 5.82 Å². The number of rotatable bonds is 9. The fourth-order valence-electron chi connectivity index (χ4n) is 2.91. The fraction of sp³-hybridized carbons (Fsp3) is 0.238. The number of ketones is 1. The first-order chi connectivity index (χ1) is 14.8. The van der Waals surface area contributed by atoms with Gasteiger partial charge in [-0.05, 0) is 36.8 Å². The molecule has 2 aromatic carbocycles. The molecule has 0 unspecified atom stereocenters. The summed E-state index contributed by atoms with van der Waals surface area (Å²) in [5.74, 6) is 0.487. The van der Waals surface area contributed by atoms with Crippen LogP contribution in [0, 0.1) is 17.0 Å². The van der Waals surface area contributed by atoms with E-state index in [0.29, 0.717) is 29.5 Å². The number of aromatic nitrogens is 3. The minimum absolute atomic E-state index is 0.0628. The summed E-state index contributed by atoms with van der Waals surface area (Å²) in [6.07, 6.45) is 0.484. The molecule has 0 aliphatic heterocycles. The Morgan fingerprint density at radius 3 is 2.55 bits per heavy atom. The molecular formula is C21H21N5O4S. The Labute approximate surface area is 183 Å². The molecule has 0 fully saturated rings. The number of carbonyl (C=O) groups excluding carboxylic acids is 2. The Hall–Kier alpha value is -3.53. The normalized spacial score (nSPS) is 10.6. The molecule has 3 aromatic rings. The maximum absolute atomic E-state index is 12.6. The van der Waals surface area contributed by atoms with Gasteiger partial charge in [-0.1, -0.05) is 23.9 Å². The van der Waals surface area contributed by atoms with E-state index >= 15 is 0 Å². The largest absolute Gasteiger partial charge is 0.356 e. The topological polar surface area (TPSA) is 120 Å². The summed E-state index contributed by atoms with van der Waals surface area (Å²) in [6.45, 7) is 3.86. The Kier molecular flexibility index (Phi) is 7.14. The van der Waals surface area contributed by atoms with E-state index in [1.54, 1.807) is 0 Å².